The van der Waals surface area contributed by atoms with E-state index in [0.29, 0.717) is 31.0 Å². The van der Waals surface area contributed by atoms with Crippen LogP contribution >= 0.6 is 0 Å². The van der Waals surface area contributed by atoms with Crippen molar-refractivity contribution in [2.75, 3.05) is 50.4 Å². The highest BCUT2D eigenvalue weighted by atomic mass is 16.2. The number of para-hydroxylation sites is 2. The lowest BCUT2D eigenvalue weighted by Gasteiger charge is -2.45. The summed E-state index contributed by atoms with van der Waals surface area (Å²) in [6.45, 7) is 2.89. The number of amides is 4. The van der Waals surface area contributed by atoms with Gasteiger partial charge in [-0.15, -0.1) is 0 Å². The molecule has 2 heterocycles. The van der Waals surface area contributed by atoms with Gasteiger partial charge >= 0.3 is 0 Å². The van der Waals surface area contributed by atoms with E-state index in [9.17, 15) is 19.2 Å². The Morgan fingerprint density at radius 3 is 2.44 bits per heavy atom. The minimum atomic E-state index is -0.538. The maximum Gasteiger partial charge on any atom is 0.246 e. The molecule has 2 saturated heterocycles. The first-order valence-electron chi connectivity index (χ1n) is 8.78. The van der Waals surface area contributed by atoms with Gasteiger partial charge in [0.15, 0.2) is 0 Å². The molecular weight excluding hydrogens is 350 g/mol. The lowest BCUT2D eigenvalue weighted by molar-refractivity contribution is -0.158. The van der Waals surface area contributed by atoms with Crippen LogP contribution in [0, 0.1) is 0 Å². The van der Waals surface area contributed by atoms with Crippen LogP contribution < -0.4 is 10.6 Å². The van der Waals surface area contributed by atoms with E-state index in [1.807, 2.05) is 4.90 Å². The Hall–Kier alpha value is -2.94. The summed E-state index contributed by atoms with van der Waals surface area (Å²) >= 11 is 0. The van der Waals surface area contributed by atoms with E-state index in [1.54, 1.807) is 36.2 Å². The Labute approximate surface area is 157 Å². The number of hydrogen-bond acceptors (Lipinski definition) is 5. The molecule has 2 aliphatic rings. The molecule has 3 rings (SSSR count). The predicted octanol–water partition coefficient (Wildman–Crippen LogP) is -0.432. The third-order valence-electron chi connectivity index (χ3n) is 4.70. The topological polar surface area (TPSA) is 102 Å². The number of piperazine rings is 2. The van der Waals surface area contributed by atoms with Crippen LogP contribution in [0.5, 0.6) is 0 Å². The summed E-state index contributed by atoms with van der Waals surface area (Å²) in [5.41, 5.74) is 1.04. The first-order chi connectivity index (χ1) is 12.8. The summed E-state index contributed by atoms with van der Waals surface area (Å²) in [6, 6.07) is 6.41. The van der Waals surface area contributed by atoms with Crippen molar-refractivity contribution in [3.63, 3.8) is 0 Å². The number of rotatable bonds is 4. The molecule has 144 valence electrons. The second-order valence-corrected chi connectivity index (χ2v) is 6.81. The molecular formula is C18H23N5O4. The number of nitrogens with one attached hydrogen (secondary N) is 2. The molecule has 2 fully saturated rings. The second-order valence-electron chi connectivity index (χ2n) is 6.81. The molecule has 1 aromatic carbocycles. The van der Waals surface area contributed by atoms with Gasteiger partial charge in [0.05, 0.1) is 24.5 Å². The number of fused-ring (bicyclic) bond motifs is 1. The highest BCUT2D eigenvalue weighted by Gasteiger charge is 2.41. The van der Waals surface area contributed by atoms with E-state index in [2.05, 4.69) is 10.6 Å². The molecule has 0 aliphatic carbocycles. The van der Waals surface area contributed by atoms with Crippen molar-refractivity contribution in [3.8, 4) is 0 Å². The van der Waals surface area contributed by atoms with Crippen LogP contribution in [0.1, 0.15) is 6.92 Å². The number of anilines is 2. The van der Waals surface area contributed by atoms with E-state index in [4.69, 9.17) is 0 Å². The molecule has 1 aromatic rings. The molecule has 2 N–H and O–H groups in total. The Kier molecular flexibility index (Phi) is 5.41. The molecule has 9 nitrogen and oxygen atoms in total. The number of hydrogen-bond donors (Lipinski definition) is 2. The maximum absolute atomic E-state index is 12.4. The molecule has 0 spiro atoms. The summed E-state index contributed by atoms with van der Waals surface area (Å²) in [7, 11) is 1.61. The maximum atomic E-state index is 12.4. The average Bonchev–Trinajstić information content (AvgIpc) is 2.61. The van der Waals surface area contributed by atoms with Gasteiger partial charge in [-0.05, 0) is 12.1 Å². The zero-order chi connectivity index (χ0) is 19.6. The highest BCUT2D eigenvalue weighted by Crippen LogP contribution is 2.21. The molecule has 0 unspecified atom stereocenters. The van der Waals surface area contributed by atoms with Crippen LogP contribution in [0.15, 0.2) is 24.3 Å². The van der Waals surface area contributed by atoms with Crippen LogP contribution in [0.25, 0.3) is 0 Å². The zero-order valence-electron chi connectivity index (χ0n) is 15.4. The van der Waals surface area contributed by atoms with Crippen LogP contribution in [-0.4, -0.2) is 84.1 Å². The minimum Gasteiger partial charge on any atom is -0.335 e. The lowest BCUT2D eigenvalue weighted by atomic mass is 10.1. The summed E-state index contributed by atoms with van der Waals surface area (Å²) in [6.07, 6.45) is 0. The van der Waals surface area contributed by atoms with E-state index >= 15 is 0 Å². The standard InChI is InChI=1S/C18H23N5O4/c1-12(24)19-13-5-3-4-6-14(13)20-16(25)10-22-7-8-23-15(9-22)18(27)21(2)11-17(23)26/h3-6,15H,7-11H2,1-2H3,(H,19,24)(H,20,25)/t15-/m1/s1. The number of carbonyl (C=O) groups excluding carboxylic acids is 4. The van der Waals surface area contributed by atoms with Crippen LogP contribution in [0.2, 0.25) is 0 Å². The molecule has 0 bridgehead atoms. The number of nitrogens with zero attached hydrogens (tertiary/aromatic N) is 3. The van der Waals surface area contributed by atoms with Crippen LogP contribution in [-0.2, 0) is 19.2 Å². The van der Waals surface area contributed by atoms with Crippen LogP contribution in [0.4, 0.5) is 11.4 Å². The quantitative estimate of drug-likeness (QED) is 0.746. The minimum absolute atomic E-state index is 0.0598. The van der Waals surface area contributed by atoms with Gasteiger partial charge in [-0.2, -0.15) is 0 Å². The van der Waals surface area contributed by atoms with Gasteiger partial charge in [0.2, 0.25) is 23.6 Å². The van der Waals surface area contributed by atoms with Gasteiger partial charge in [0, 0.05) is 33.6 Å². The normalized spacial score (nSPS) is 20.3. The Balaban J connectivity index is 1.62. The van der Waals surface area contributed by atoms with Crippen molar-refractivity contribution in [1.29, 1.82) is 0 Å². The van der Waals surface area contributed by atoms with E-state index in [-0.39, 0.29) is 36.7 Å². The largest absolute Gasteiger partial charge is 0.335 e. The molecule has 0 aromatic heterocycles. The monoisotopic (exact) mass is 373 g/mol. The molecule has 27 heavy (non-hydrogen) atoms. The Bertz CT molecular complexity index is 781. The third kappa shape index (κ3) is 4.25. The molecule has 0 saturated carbocycles. The van der Waals surface area contributed by atoms with Crippen molar-refractivity contribution >= 4 is 35.0 Å². The summed E-state index contributed by atoms with van der Waals surface area (Å²) < 4.78 is 0. The SMILES string of the molecule is CC(=O)Nc1ccccc1NC(=O)CN1CCN2C(=O)CN(C)C(=O)[C@H]2C1. The van der Waals surface area contributed by atoms with Crippen molar-refractivity contribution < 1.29 is 19.2 Å². The van der Waals surface area contributed by atoms with Gasteiger partial charge in [0.25, 0.3) is 0 Å². The first kappa shape index (κ1) is 18.8. The molecule has 4 amide bonds. The summed E-state index contributed by atoms with van der Waals surface area (Å²) in [5.74, 6) is -0.632. The van der Waals surface area contributed by atoms with Crippen molar-refractivity contribution in [3.05, 3.63) is 24.3 Å². The molecule has 1 atom stereocenters. The zero-order valence-corrected chi connectivity index (χ0v) is 15.4. The average molecular weight is 373 g/mol. The fourth-order valence-corrected chi connectivity index (χ4v) is 3.40. The number of carbonyl (C=O) groups is 4. The van der Waals surface area contributed by atoms with Crippen molar-refractivity contribution in [2.24, 2.45) is 0 Å². The van der Waals surface area contributed by atoms with Gasteiger partial charge in [-0.1, -0.05) is 12.1 Å². The highest BCUT2D eigenvalue weighted by molar-refractivity contribution is 5.99. The van der Waals surface area contributed by atoms with E-state index < -0.39 is 6.04 Å². The fourth-order valence-electron chi connectivity index (χ4n) is 3.40. The Morgan fingerprint density at radius 2 is 1.78 bits per heavy atom. The van der Waals surface area contributed by atoms with E-state index in [1.165, 1.54) is 11.8 Å². The fraction of sp³-hybridized carbons (Fsp3) is 0.444. The number of benzene rings is 1. The lowest BCUT2D eigenvalue weighted by Crippen LogP contribution is -2.66. The van der Waals surface area contributed by atoms with Gasteiger partial charge in [-0.25, -0.2) is 0 Å². The number of likely N-dealkylation sites (N-methyl/N-ethyl adjacent to an activating group) is 1. The second kappa shape index (κ2) is 7.75. The predicted molar refractivity (Wildman–Crippen MR) is 99.0 cm³/mol. The van der Waals surface area contributed by atoms with Gasteiger partial charge in [-0.3, -0.25) is 24.1 Å². The van der Waals surface area contributed by atoms with E-state index in [0.717, 1.165) is 0 Å². The smallest absolute Gasteiger partial charge is 0.246 e. The van der Waals surface area contributed by atoms with Crippen LogP contribution in [0.3, 0.4) is 0 Å². The molecule has 2 aliphatic heterocycles. The van der Waals surface area contributed by atoms with Crippen molar-refractivity contribution in [2.45, 2.75) is 13.0 Å². The molecule has 9 heteroatoms. The van der Waals surface area contributed by atoms with Gasteiger partial charge in [0.1, 0.15) is 6.04 Å². The van der Waals surface area contributed by atoms with Gasteiger partial charge < -0.3 is 20.4 Å². The molecule has 0 radical (unpaired) electrons. The summed E-state index contributed by atoms with van der Waals surface area (Å²) in [4.78, 5) is 53.0. The first-order valence-corrected chi connectivity index (χ1v) is 8.78. The Morgan fingerprint density at radius 1 is 1.11 bits per heavy atom. The third-order valence-corrected chi connectivity index (χ3v) is 4.70. The van der Waals surface area contributed by atoms with Crippen molar-refractivity contribution in [1.82, 2.24) is 14.7 Å². The summed E-state index contributed by atoms with van der Waals surface area (Å²) in [5, 5.41) is 5.47.